The first-order valence-corrected chi connectivity index (χ1v) is 7.22. The average Bonchev–Trinajstić information content (AvgIpc) is 2.48. The second-order valence-corrected chi connectivity index (χ2v) is 5.53. The van der Waals surface area contributed by atoms with Crippen LogP contribution in [0.15, 0.2) is 36.4 Å². The zero-order chi connectivity index (χ0) is 15.4. The lowest BCUT2D eigenvalue weighted by molar-refractivity contribution is 0.405. The molecular formula is C18H24N2O. The number of rotatable bonds is 5. The van der Waals surface area contributed by atoms with Crippen molar-refractivity contribution >= 4 is 0 Å². The Labute approximate surface area is 127 Å². The van der Waals surface area contributed by atoms with Crippen molar-refractivity contribution in [3.8, 4) is 5.75 Å². The highest BCUT2D eigenvalue weighted by atomic mass is 16.5. The van der Waals surface area contributed by atoms with Crippen LogP contribution in [0.2, 0.25) is 0 Å². The van der Waals surface area contributed by atoms with Crippen molar-refractivity contribution in [3.63, 3.8) is 0 Å². The summed E-state index contributed by atoms with van der Waals surface area (Å²) in [4.78, 5) is 0. The molecule has 0 aliphatic rings. The molecule has 3 N–H and O–H groups in total. The number of benzene rings is 2. The number of ether oxygens (including phenoxy) is 1. The van der Waals surface area contributed by atoms with E-state index in [0.717, 1.165) is 12.2 Å². The Morgan fingerprint density at radius 2 is 1.90 bits per heavy atom. The van der Waals surface area contributed by atoms with Gasteiger partial charge in [0.25, 0.3) is 0 Å². The van der Waals surface area contributed by atoms with Gasteiger partial charge in [-0.05, 0) is 55.5 Å². The highest BCUT2D eigenvalue weighted by Crippen LogP contribution is 2.28. The SMILES string of the molecule is COc1ccc(C)cc1CC(NN)c1cccc(C)c1C. The Hall–Kier alpha value is -1.84. The van der Waals surface area contributed by atoms with Crippen LogP contribution in [0.3, 0.4) is 0 Å². The van der Waals surface area contributed by atoms with E-state index in [1.807, 2.05) is 6.07 Å². The minimum absolute atomic E-state index is 0.0700. The smallest absolute Gasteiger partial charge is 0.122 e. The molecule has 0 radical (unpaired) electrons. The fourth-order valence-corrected chi connectivity index (χ4v) is 2.70. The largest absolute Gasteiger partial charge is 0.496 e. The van der Waals surface area contributed by atoms with Crippen LogP contribution in [0.4, 0.5) is 0 Å². The first-order valence-electron chi connectivity index (χ1n) is 7.22. The molecule has 3 nitrogen and oxygen atoms in total. The lowest BCUT2D eigenvalue weighted by Crippen LogP contribution is -2.30. The molecule has 0 aliphatic carbocycles. The Balaban J connectivity index is 2.35. The summed E-state index contributed by atoms with van der Waals surface area (Å²) in [7, 11) is 1.71. The van der Waals surface area contributed by atoms with E-state index in [2.05, 4.69) is 56.5 Å². The fourth-order valence-electron chi connectivity index (χ4n) is 2.70. The van der Waals surface area contributed by atoms with Gasteiger partial charge in [0, 0.05) is 0 Å². The van der Waals surface area contributed by atoms with Gasteiger partial charge >= 0.3 is 0 Å². The number of nitrogens with one attached hydrogen (secondary N) is 1. The summed E-state index contributed by atoms with van der Waals surface area (Å²) in [5.41, 5.74) is 9.15. The zero-order valence-electron chi connectivity index (χ0n) is 13.2. The van der Waals surface area contributed by atoms with E-state index in [1.165, 1.54) is 27.8 Å². The highest BCUT2D eigenvalue weighted by molar-refractivity contribution is 5.40. The number of nitrogens with two attached hydrogens (primary N) is 1. The molecule has 0 spiro atoms. The molecule has 0 saturated heterocycles. The molecule has 0 heterocycles. The van der Waals surface area contributed by atoms with Crippen molar-refractivity contribution < 1.29 is 4.74 Å². The van der Waals surface area contributed by atoms with E-state index in [9.17, 15) is 0 Å². The van der Waals surface area contributed by atoms with E-state index < -0.39 is 0 Å². The second-order valence-electron chi connectivity index (χ2n) is 5.53. The number of aryl methyl sites for hydroxylation is 2. The first-order chi connectivity index (χ1) is 10.1. The van der Waals surface area contributed by atoms with E-state index in [-0.39, 0.29) is 6.04 Å². The van der Waals surface area contributed by atoms with E-state index in [0.29, 0.717) is 0 Å². The van der Waals surface area contributed by atoms with Crippen molar-refractivity contribution in [2.45, 2.75) is 33.2 Å². The molecule has 0 saturated carbocycles. The van der Waals surface area contributed by atoms with Gasteiger partial charge < -0.3 is 4.74 Å². The summed E-state index contributed by atoms with van der Waals surface area (Å²) < 4.78 is 5.47. The third-order valence-electron chi connectivity index (χ3n) is 4.08. The van der Waals surface area contributed by atoms with Gasteiger partial charge in [0.05, 0.1) is 13.2 Å². The van der Waals surface area contributed by atoms with E-state index in [1.54, 1.807) is 7.11 Å². The molecule has 0 aromatic heterocycles. The van der Waals surface area contributed by atoms with Gasteiger partial charge in [-0.25, -0.2) is 0 Å². The Morgan fingerprint density at radius 3 is 2.57 bits per heavy atom. The van der Waals surface area contributed by atoms with Crippen molar-refractivity contribution in [1.82, 2.24) is 5.43 Å². The molecule has 0 bridgehead atoms. The molecule has 2 aromatic rings. The molecule has 0 aliphatic heterocycles. The fraction of sp³-hybridized carbons (Fsp3) is 0.333. The van der Waals surface area contributed by atoms with E-state index >= 15 is 0 Å². The predicted molar refractivity (Wildman–Crippen MR) is 87.4 cm³/mol. The van der Waals surface area contributed by atoms with Gasteiger partial charge in [0.15, 0.2) is 0 Å². The minimum Gasteiger partial charge on any atom is -0.496 e. The van der Waals surface area contributed by atoms with Crippen molar-refractivity contribution in [3.05, 3.63) is 64.2 Å². The third kappa shape index (κ3) is 3.43. The van der Waals surface area contributed by atoms with Crippen LogP contribution in [-0.2, 0) is 6.42 Å². The average molecular weight is 284 g/mol. The Bertz CT molecular complexity index is 623. The summed E-state index contributed by atoms with van der Waals surface area (Å²) in [5, 5.41) is 0. The number of methoxy groups -OCH3 is 1. The molecule has 0 amide bonds. The molecule has 0 fully saturated rings. The van der Waals surface area contributed by atoms with Crippen LogP contribution in [0.25, 0.3) is 0 Å². The van der Waals surface area contributed by atoms with Gasteiger partial charge in [-0.3, -0.25) is 11.3 Å². The maximum absolute atomic E-state index is 5.81. The molecule has 1 atom stereocenters. The van der Waals surface area contributed by atoms with Gasteiger partial charge in [0.2, 0.25) is 0 Å². The quantitative estimate of drug-likeness (QED) is 0.653. The molecular weight excluding hydrogens is 260 g/mol. The van der Waals surface area contributed by atoms with E-state index in [4.69, 9.17) is 10.6 Å². The summed E-state index contributed by atoms with van der Waals surface area (Å²) >= 11 is 0. The molecule has 21 heavy (non-hydrogen) atoms. The van der Waals surface area contributed by atoms with Crippen molar-refractivity contribution in [1.29, 1.82) is 0 Å². The first kappa shape index (κ1) is 15.5. The zero-order valence-corrected chi connectivity index (χ0v) is 13.2. The van der Waals surface area contributed by atoms with Crippen LogP contribution in [0.1, 0.15) is 33.9 Å². The molecule has 112 valence electrons. The number of hydrogen-bond donors (Lipinski definition) is 2. The van der Waals surface area contributed by atoms with Crippen LogP contribution < -0.4 is 16.0 Å². The monoisotopic (exact) mass is 284 g/mol. The third-order valence-corrected chi connectivity index (χ3v) is 4.08. The van der Waals surface area contributed by atoms with Gasteiger partial charge in [-0.1, -0.05) is 35.9 Å². The van der Waals surface area contributed by atoms with Crippen LogP contribution >= 0.6 is 0 Å². The minimum atomic E-state index is 0.0700. The molecule has 1 unspecified atom stereocenters. The van der Waals surface area contributed by atoms with Crippen LogP contribution in [0.5, 0.6) is 5.75 Å². The predicted octanol–water partition coefficient (Wildman–Crippen LogP) is 3.37. The normalized spacial score (nSPS) is 12.2. The molecule has 2 aromatic carbocycles. The van der Waals surface area contributed by atoms with Crippen molar-refractivity contribution in [2.24, 2.45) is 5.84 Å². The van der Waals surface area contributed by atoms with Gasteiger partial charge in [-0.15, -0.1) is 0 Å². The lowest BCUT2D eigenvalue weighted by Gasteiger charge is -2.21. The Kier molecular flexibility index (Phi) is 4.99. The summed E-state index contributed by atoms with van der Waals surface area (Å²) in [5.74, 6) is 6.72. The van der Waals surface area contributed by atoms with Gasteiger partial charge in [-0.2, -0.15) is 0 Å². The summed E-state index contributed by atoms with van der Waals surface area (Å²) in [6.07, 6.45) is 0.797. The molecule has 2 rings (SSSR count). The summed E-state index contributed by atoms with van der Waals surface area (Å²) in [6.45, 7) is 6.36. The Morgan fingerprint density at radius 1 is 1.14 bits per heavy atom. The number of hydrazine groups is 1. The number of hydrogen-bond acceptors (Lipinski definition) is 3. The van der Waals surface area contributed by atoms with Crippen LogP contribution in [-0.4, -0.2) is 7.11 Å². The lowest BCUT2D eigenvalue weighted by atomic mass is 9.92. The standard InChI is InChI=1S/C18H24N2O/c1-12-8-9-18(21-4)15(10-12)11-17(20-19)16-7-5-6-13(2)14(16)3/h5-10,17,20H,11,19H2,1-4H3. The summed E-state index contributed by atoms with van der Waals surface area (Å²) in [6, 6.07) is 12.6. The highest BCUT2D eigenvalue weighted by Gasteiger charge is 2.16. The van der Waals surface area contributed by atoms with Crippen LogP contribution in [0, 0.1) is 20.8 Å². The molecule has 3 heteroatoms. The maximum atomic E-state index is 5.81. The van der Waals surface area contributed by atoms with Crippen molar-refractivity contribution in [2.75, 3.05) is 7.11 Å². The second kappa shape index (κ2) is 6.74. The van der Waals surface area contributed by atoms with Gasteiger partial charge in [0.1, 0.15) is 5.75 Å². The maximum Gasteiger partial charge on any atom is 0.122 e. The topological polar surface area (TPSA) is 47.3 Å².